The summed E-state index contributed by atoms with van der Waals surface area (Å²) in [6, 6.07) is 10.6. The lowest BCUT2D eigenvalue weighted by molar-refractivity contribution is 0.353. The van der Waals surface area contributed by atoms with Crippen molar-refractivity contribution in [2.45, 2.75) is 25.2 Å². The first-order valence-corrected chi connectivity index (χ1v) is 9.93. The maximum Gasteiger partial charge on any atom is 0.319 e. The van der Waals surface area contributed by atoms with Gasteiger partial charge in [0, 0.05) is 24.2 Å². The molecule has 0 N–H and O–H groups in total. The van der Waals surface area contributed by atoms with Crippen molar-refractivity contribution in [2.24, 2.45) is 0 Å². The van der Waals surface area contributed by atoms with E-state index in [4.69, 9.17) is 14.6 Å². The number of fused-ring (bicyclic) bond motifs is 1. The smallest absolute Gasteiger partial charge is 0.319 e. The molecule has 0 amide bonds. The van der Waals surface area contributed by atoms with Gasteiger partial charge in [0.25, 0.3) is 0 Å². The van der Waals surface area contributed by atoms with Crippen LogP contribution in [-0.4, -0.2) is 38.8 Å². The Kier molecular flexibility index (Phi) is 4.51. The minimum atomic E-state index is 0.239. The third-order valence-corrected chi connectivity index (χ3v) is 5.76. The number of hydrogen-bond donors (Lipinski definition) is 0. The van der Waals surface area contributed by atoms with Crippen molar-refractivity contribution in [2.75, 3.05) is 14.2 Å². The van der Waals surface area contributed by atoms with Crippen molar-refractivity contribution in [3.05, 3.63) is 65.1 Å². The number of hydrogen-bond acceptors (Lipinski definition) is 7. The molecule has 3 aromatic heterocycles. The molecule has 0 spiro atoms. The maximum absolute atomic E-state index is 9.21. The molecule has 154 valence electrons. The lowest BCUT2D eigenvalue weighted by Gasteiger charge is -2.11. The van der Waals surface area contributed by atoms with Crippen LogP contribution in [-0.2, 0) is 0 Å². The summed E-state index contributed by atoms with van der Waals surface area (Å²) < 4.78 is 12.3. The summed E-state index contributed by atoms with van der Waals surface area (Å²) in [5, 5.41) is 13.9. The normalized spacial score (nSPS) is 17.4. The fraction of sp³-hybridized carbons (Fsp3) is 0.261. The zero-order valence-electron chi connectivity index (χ0n) is 17.4. The van der Waals surface area contributed by atoms with Gasteiger partial charge < -0.3 is 9.47 Å². The Morgan fingerprint density at radius 1 is 1.13 bits per heavy atom. The second-order valence-corrected chi connectivity index (χ2v) is 7.59. The highest BCUT2D eigenvalue weighted by molar-refractivity contribution is 5.68. The van der Waals surface area contributed by atoms with Crippen LogP contribution in [0.2, 0.25) is 0 Å². The minimum Gasteiger partial charge on any atom is -0.480 e. The highest BCUT2D eigenvalue weighted by Crippen LogP contribution is 2.56. The summed E-state index contributed by atoms with van der Waals surface area (Å²) in [4.78, 5) is 13.0. The lowest BCUT2D eigenvalue weighted by atomic mass is 10.00. The summed E-state index contributed by atoms with van der Waals surface area (Å²) in [6.45, 7) is 1.98. The predicted molar refractivity (Wildman–Crippen MR) is 113 cm³/mol. The van der Waals surface area contributed by atoms with Crippen molar-refractivity contribution in [1.29, 1.82) is 5.26 Å². The third-order valence-electron chi connectivity index (χ3n) is 5.76. The highest BCUT2D eigenvalue weighted by atomic mass is 16.5. The van der Waals surface area contributed by atoms with Crippen LogP contribution in [0, 0.1) is 18.3 Å². The van der Waals surface area contributed by atoms with Crippen molar-refractivity contribution in [3.63, 3.8) is 0 Å². The van der Waals surface area contributed by atoms with Crippen LogP contribution >= 0.6 is 0 Å². The second-order valence-electron chi connectivity index (χ2n) is 7.59. The molecule has 31 heavy (non-hydrogen) atoms. The van der Waals surface area contributed by atoms with Gasteiger partial charge in [-0.05, 0) is 48.4 Å². The maximum atomic E-state index is 9.21. The third kappa shape index (κ3) is 3.24. The predicted octanol–water partition coefficient (Wildman–Crippen LogP) is 3.65. The molecular weight excluding hydrogens is 392 g/mol. The van der Waals surface area contributed by atoms with Crippen LogP contribution in [0.1, 0.15) is 40.5 Å². The second kappa shape index (κ2) is 7.36. The molecule has 0 saturated heterocycles. The highest BCUT2D eigenvalue weighted by Gasteiger charge is 2.41. The Morgan fingerprint density at radius 3 is 2.74 bits per heavy atom. The van der Waals surface area contributed by atoms with E-state index in [-0.39, 0.29) is 6.01 Å². The minimum absolute atomic E-state index is 0.239. The number of rotatable bonds is 5. The molecule has 0 bridgehead atoms. The van der Waals surface area contributed by atoms with E-state index in [1.807, 2.05) is 19.2 Å². The largest absolute Gasteiger partial charge is 0.480 e. The summed E-state index contributed by atoms with van der Waals surface area (Å²) >= 11 is 0. The van der Waals surface area contributed by atoms with E-state index in [2.05, 4.69) is 39.2 Å². The number of aryl methyl sites for hydroxylation is 1. The molecule has 0 unspecified atom stereocenters. The molecule has 1 aromatic carbocycles. The van der Waals surface area contributed by atoms with E-state index in [1.165, 1.54) is 12.7 Å². The number of aromatic nitrogens is 5. The first-order chi connectivity index (χ1) is 15.1. The fourth-order valence-electron chi connectivity index (χ4n) is 4.08. The topological polar surface area (TPSA) is 98.2 Å². The van der Waals surface area contributed by atoms with Crippen LogP contribution < -0.4 is 9.47 Å². The summed E-state index contributed by atoms with van der Waals surface area (Å²) in [5.74, 6) is 1.11. The van der Waals surface area contributed by atoms with Gasteiger partial charge in [-0.3, -0.25) is 0 Å². The van der Waals surface area contributed by atoms with Gasteiger partial charge in [-0.25, -0.2) is 14.5 Å². The number of nitrogens with zero attached hydrogens (tertiary/aromatic N) is 6. The number of benzene rings is 1. The quantitative estimate of drug-likeness (QED) is 0.493. The van der Waals surface area contributed by atoms with Crippen molar-refractivity contribution in [1.82, 2.24) is 24.6 Å². The van der Waals surface area contributed by atoms with Crippen molar-refractivity contribution in [3.8, 4) is 29.2 Å². The van der Waals surface area contributed by atoms with Gasteiger partial charge in [0.1, 0.15) is 0 Å². The van der Waals surface area contributed by atoms with E-state index in [0.29, 0.717) is 29.0 Å². The van der Waals surface area contributed by atoms with Crippen LogP contribution in [0.5, 0.6) is 11.9 Å². The Morgan fingerprint density at radius 2 is 2.00 bits per heavy atom. The summed E-state index contributed by atoms with van der Waals surface area (Å²) in [7, 11) is 3.08. The molecule has 5 rings (SSSR count). The SMILES string of the molecule is COc1ncc(-c2cc([C@H]3C[C@@H]3c3ccc(C#N)c(C)c3)c3nccn3n2)c(OC)n1. The Bertz CT molecular complexity index is 1340. The number of imidazole rings is 1. The molecule has 4 aromatic rings. The van der Waals surface area contributed by atoms with E-state index in [0.717, 1.165) is 28.8 Å². The monoisotopic (exact) mass is 412 g/mol. The van der Waals surface area contributed by atoms with Crippen LogP contribution in [0.15, 0.2) is 42.9 Å². The van der Waals surface area contributed by atoms with Gasteiger partial charge in [0.2, 0.25) is 5.88 Å². The van der Waals surface area contributed by atoms with Crippen LogP contribution in [0.25, 0.3) is 16.9 Å². The molecule has 1 saturated carbocycles. The Balaban J connectivity index is 1.56. The van der Waals surface area contributed by atoms with Crippen molar-refractivity contribution >= 4 is 5.65 Å². The van der Waals surface area contributed by atoms with E-state index < -0.39 is 0 Å². The van der Waals surface area contributed by atoms with Gasteiger partial charge >= 0.3 is 6.01 Å². The molecule has 2 atom stereocenters. The standard InChI is InChI=1S/C23H20N6O2/c1-13-8-14(4-5-15(13)11-24)16-9-17(16)18-10-20(28-29-7-6-25-21(18)29)19-12-26-23(31-3)27-22(19)30-2/h4-8,10,12,16-17H,9H2,1-3H3/t16-,17+/m1/s1. The molecule has 1 aliphatic rings. The van der Waals surface area contributed by atoms with Gasteiger partial charge in [-0.2, -0.15) is 15.3 Å². The van der Waals surface area contributed by atoms with Gasteiger partial charge in [0.05, 0.1) is 37.1 Å². The van der Waals surface area contributed by atoms with E-state index in [9.17, 15) is 5.26 Å². The van der Waals surface area contributed by atoms with Gasteiger partial charge in [-0.15, -0.1) is 0 Å². The number of methoxy groups -OCH3 is 2. The van der Waals surface area contributed by atoms with Crippen LogP contribution in [0.4, 0.5) is 0 Å². The molecule has 1 fully saturated rings. The lowest BCUT2D eigenvalue weighted by Crippen LogP contribution is -2.02. The molecule has 0 radical (unpaired) electrons. The Hall–Kier alpha value is -3.99. The zero-order chi connectivity index (χ0) is 21.5. The average molecular weight is 412 g/mol. The van der Waals surface area contributed by atoms with Crippen molar-refractivity contribution < 1.29 is 9.47 Å². The summed E-state index contributed by atoms with van der Waals surface area (Å²) in [5.41, 5.74) is 6.33. The number of ether oxygens (including phenoxy) is 2. The average Bonchev–Trinajstić information content (AvgIpc) is 3.46. The first-order valence-electron chi connectivity index (χ1n) is 9.93. The Labute approximate surface area is 179 Å². The van der Waals surface area contributed by atoms with Crippen LogP contribution in [0.3, 0.4) is 0 Å². The number of nitriles is 1. The molecule has 8 heteroatoms. The molecular formula is C23H20N6O2. The van der Waals surface area contributed by atoms with E-state index in [1.54, 1.807) is 24.0 Å². The summed E-state index contributed by atoms with van der Waals surface area (Å²) in [6.07, 6.45) is 6.27. The van der Waals surface area contributed by atoms with E-state index >= 15 is 0 Å². The molecule has 3 heterocycles. The molecule has 0 aliphatic heterocycles. The first kappa shape index (κ1) is 19.0. The molecule has 8 nitrogen and oxygen atoms in total. The van der Waals surface area contributed by atoms with Gasteiger partial charge in [-0.1, -0.05) is 12.1 Å². The zero-order valence-corrected chi connectivity index (χ0v) is 17.4. The fourth-order valence-corrected chi connectivity index (χ4v) is 4.08. The molecule has 1 aliphatic carbocycles. The van der Waals surface area contributed by atoms with Gasteiger partial charge in [0.15, 0.2) is 5.65 Å².